The molecular weight excluding hydrogens is 1300 g/mol. The Hall–Kier alpha value is -9.62. The molecule has 0 unspecified atom stereocenters. The third-order valence-corrected chi connectivity index (χ3v) is 28.7. The van der Waals surface area contributed by atoms with Gasteiger partial charge in [0.1, 0.15) is 0 Å². The molecule has 5 aliphatic rings. The van der Waals surface area contributed by atoms with E-state index in [1.54, 1.807) is 0 Å². The molecule has 0 bridgehead atoms. The Balaban J connectivity index is 0.615. The van der Waals surface area contributed by atoms with E-state index in [9.17, 15) is 0 Å². The summed E-state index contributed by atoms with van der Waals surface area (Å²) < 4.78 is 0. The molecule has 13 aromatic rings. The van der Waals surface area contributed by atoms with Gasteiger partial charge < -0.3 is 0 Å². The zero-order valence-corrected chi connectivity index (χ0v) is 66.8. The van der Waals surface area contributed by atoms with Gasteiger partial charge in [-0.25, -0.2) is 0 Å². The molecule has 0 aromatic heterocycles. The van der Waals surface area contributed by atoms with Crippen LogP contribution in [0.5, 0.6) is 0 Å². The Kier molecular flexibility index (Phi) is 16.9. The fourth-order valence-electron chi connectivity index (χ4n) is 21.9. The molecule has 0 heteroatoms. The van der Waals surface area contributed by atoms with E-state index < -0.39 is 0 Å². The first-order valence-corrected chi connectivity index (χ1v) is 41.7. The zero-order chi connectivity index (χ0) is 74.6. The van der Waals surface area contributed by atoms with Gasteiger partial charge in [0.25, 0.3) is 0 Å². The molecule has 18 rings (SSSR count). The van der Waals surface area contributed by atoms with Crippen molar-refractivity contribution in [3.8, 4) is 111 Å². The lowest BCUT2D eigenvalue weighted by atomic mass is 9.72. The fourth-order valence-corrected chi connectivity index (χ4v) is 21.9. The predicted octanol–water partition coefficient (Wildman–Crippen LogP) is 31.0. The molecule has 0 heterocycles. The van der Waals surface area contributed by atoms with Gasteiger partial charge >= 0.3 is 0 Å². The van der Waals surface area contributed by atoms with Gasteiger partial charge in [-0.1, -0.05) is 286 Å². The van der Waals surface area contributed by atoms with Gasteiger partial charge in [-0.05, 0) is 342 Å². The number of hydrogen-bond acceptors (Lipinski definition) is 0. The maximum atomic E-state index is 2.60. The fraction of sp³-hybridized carbons (Fsp3) is 0.315. The van der Waals surface area contributed by atoms with Crippen molar-refractivity contribution in [1.29, 1.82) is 0 Å². The second-order valence-corrected chi connectivity index (χ2v) is 35.5. The minimum Gasteiger partial charge on any atom is -0.0642 e. The van der Waals surface area contributed by atoms with Gasteiger partial charge in [-0.2, -0.15) is 0 Å². The second kappa shape index (κ2) is 26.0. The minimum absolute atomic E-state index is 0.0510. The first-order valence-electron chi connectivity index (χ1n) is 41.7. The lowest BCUT2D eigenvalue weighted by molar-refractivity contribution is 0.444. The van der Waals surface area contributed by atoms with E-state index in [1.165, 1.54) is 226 Å². The van der Waals surface area contributed by atoms with Crippen molar-refractivity contribution in [2.45, 2.75) is 219 Å². The molecule has 5 aliphatic carbocycles. The van der Waals surface area contributed by atoms with Gasteiger partial charge in [0.05, 0.1) is 0 Å². The van der Waals surface area contributed by atoms with Crippen LogP contribution >= 0.6 is 0 Å². The number of rotatable bonds is 15. The summed E-state index contributed by atoms with van der Waals surface area (Å²) in [6.07, 6.45) is 15.1. The smallest absolute Gasteiger partial charge is 0.0210 e. The van der Waals surface area contributed by atoms with Crippen LogP contribution in [-0.2, 0) is 32.5 Å². The summed E-state index contributed by atoms with van der Waals surface area (Å²) in [7, 11) is 0. The monoisotopic (exact) mass is 1400 g/mol. The molecule has 0 saturated heterocycles. The number of hydrogen-bond donors (Lipinski definition) is 0. The van der Waals surface area contributed by atoms with Crippen molar-refractivity contribution in [2.24, 2.45) is 0 Å². The number of fused-ring (bicyclic) bond motifs is 14. The Labute approximate surface area is 645 Å². The lowest BCUT2D eigenvalue weighted by Gasteiger charge is -2.31. The molecule has 540 valence electrons. The van der Waals surface area contributed by atoms with E-state index in [0.29, 0.717) is 0 Å². The van der Waals surface area contributed by atoms with Crippen LogP contribution in [0.15, 0.2) is 237 Å². The molecule has 0 nitrogen and oxygen atoms in total. The second-order valence-electron chi connectivity index (χ2n) is 35.5. The minimum atomic E-state index is -0.107. The average Bonchev–Trinajstić information content (AvgIpc) is 1.56. The molecule has 108 heavy (non-hydrogen) atoms. The third kappa shape index (κ3) is 10.7. The summed E-state index contributed by atoms with van der Waals surface area (Å²) in [6, 6.07) is 95.4. The van der Waals surface area contributed by atoms with Crippen LogP contribution in [0.1, 0.15) is 248 Å². The largest absolute Gasteiger partial charge is 0.0642 e. The Morgan fingerprint density at radius 2 is 0.435 bits per heavy atom. The molecule has 1 fully saturated rings. The van der Waals surface area contributed by atoms with Crippen LogP contribution in [0.2, 0.25) is 0 Å². The molecule has 0 N–H and O–H groups in total. The summed E-state index contributed by atoms with van der Waals surface area (Å²) >= 11 is 0. The molecule has 13 aromatic carbocycles. The average molecular weight is 1410 g/mol. The summed E-state index contributed by atoms with van der Waals surface area (Å²) in [5.74, 6) is 0.719. The zero-order valence-electron chi connectivity index (χ0n) is 66.8. The van der Waals surface area contributed by atoms with Crippen LogP contribution in [0.3, 0.4) is 0 Å². The van der Waals surface area contributed by atoms with Crippen molar-refractivity contribution in [3.05, 3.63) is 298 Å². The van der Waals surface area contributed by atoms with Crippen LogP contribution in [0.25, 0.3) is 133 Å². The Morgan fingerprint density at radius 1 is 0.222 bits per heavy atom. The summed E-state index contributed by atoms with van der Waals surface area (Å²) in [4.78, 5) is 0. The molecule has 1 saturated carbocycles. The summed E-state index contributed by atoms with van der Waals surface area (Å²) in [5.41, 5.74) is 42.7. The van der Waals surface area contributed by atoms with Crippen molar-refractivity contribution >= 4 is 21.5 Å². The quantitative estimate of drug-likeness (QED) is 0.0960. The van der Waals surface area contributed by atoms with Crippen LogP contribution in [0, 0.1) is 0 Å². The van der Waals surface area contributed by atoms with E-state index in [4.69, 9.17) is 0 Å². The summed E-state index contributed by atoms with van der Waals surface area (Å²) in [5, 5.41) is 5.24. The SMILES string of the molecule is CCC1(CC)c2cc(-c3cc(C(C)(C)C)cc(C(C)(C)C)c3)ccc2-c2ccc(-c3ccc4c(c3)C(CC)(CC)c3cc(-c5ccc6c(c5)C(CC)(CC)c5cc(-c7ccc8c(c7)C(CC)(CC)c7cc(-c9ccc%10cc(-c%11ccc%12cc(C%13CCCCC%13)ccc%12c%11)ccc%10c9)ccc7-8)ccc5-6)ccc3-4)cc21. The van der Waals surface area contributed by atoms with E-state index in [-0.39, 0.29) is 32.5 Å². The standard InChI is InChI=1S/C108H108/c1-15-105(16-2)95-58-76(75-35-34-73-54-72(32-33-74(73)55-75)71-31-30-69-52-68(28-29-70(69)53-71)67-26-24-23-25-27-67)36-44-87(95)88-45-37-77(59-96(88)105)78-38-46-89-90-47-39-79(61-98(90)106(17-3,18-4)97(89)60-78)80-40-48-91-92-49-41-81(63-100(92)107(19-5,20-6)99(91)62-80)82-42-50-93-94-51-43-83(65-102(94)108(21-7,22-8)101(93)64-82)84-56-85(103(9,10)11)66-86(57-84)104(12,13)14/h28-67H,15-27H2,1-14H3. The topological polar surface area (TPSA) is 0 Å². The number of benzene rings is 13. The van der Waals surface area contributed by atoms with E-state index >= 15 is 0 Å². The van der Waals surface area contributed by atoms with Gasteiger partial charge in [0, 0.05) is 21.7 Å². The van der Waals surface area contributed by atoms with E-state index in [2.05, 4.69) is 334 Å². The molecule has 0 aliphatic heterocycles. The highest BCUT2D eigenvalue weighted by molar-refractivity contribution is 5.96. The normalized spacial score (nSPS) is 16.1. The molecule has 0 atom stereocenters. The molecule has 0 radical (unpaired) electrons. The first-order chi connectivity index (χ1) is 52.2. The van der Waals surface area contributed by atoms with Crippen molar-refractivity contribution in [1.82, 2.24) is 0 Å². The highest BCUT2D eigenvalue weighted by atomic mass is 14.5. The lowest BCUT2D eigenvalue weighted by Crippen LogP contribution is -2.23. The predicted molar refractivity (Wildman–Crippen MR) is 464 cm³/mol. The van der Waals surface area contributed by atoms with Gasteiger partial charge in [-0.15, -0.1) is 0 Å². The van der Waals surface area contributed by atoms with Crippen molar-refractivity contribution in [3.63, 3.8) is 0 Å². The highest BCUT2D eigenvalue weighted by Gasteiger charge is 2.46. The Morgan fingerprint density at radius 3 is 0.676 bits per heavy atom. The van der Waals surface area contributed by atoms with Crippen molar-refractivity contribution in [2.75, 3.05) is 0 Å². The van der Waals surface area contributed by atoms with Crippen LogP contribution in [-0.4, -0.2) is 0 Å². The first kappa shape index (κ1) is 70.1. The molecule has 0 spiro atoms. The molecular formula is C108H108. The van der Waals surface area contributed by atoms with Crippen molar-refractivity contribution < 1.29 is 0 Å². The molecule has 0 amide bonds. The van der Waals surface area contributed by atoms with Gasteiger partial charge in [-0.3, -0.25) is 0 Å². The van der Waals surface area contributed by atoms with Gasteiger partial charge in [0.15, 0.2) is 0 Å². The van der Waals surface area contributed by atoms with Gasteiger partial charge in [0.2, 0.25) is 0 Å². The highest BCUT2D eigenvalue weighted by Crippen LogP contribution is 2.60. The maximum absolute atomic E-state index is 2.60. The van der Waals surface area contributed by atoms with E-state index in [0.717, 1.165) is 57.3 Å². The van der Waals surface area contributed by atoms with E-state index in [1.807, 2.05) is 0 Å². The van der Waals surface area contributed by atoms with Crippen LogP contribution < -0.4 is 0 Å². The third-order valence-electron chi connectivity index (χ3n) is 28.7. The Bertz CT molecular complexity index is 5760. The summed E-state index contributed by atoms with van der Waals surface area (Å²) in [6.45, 7) is 33.5. The van der Waals surface area contributed by atoms with Crippen LogP contribution in [0.4, 0.5) is 0 Å². The maximum Gasteiger partial charge on any atom is 0.0210 e.